The fourth-order valence-corrected chi connectivity index (χ4v) is 2.23. The van der Waals surface area contributed by atoms with E-state index in [9.17, 15) is 5.11 Å². The molecule has 1 unspecified atom stereocenters. The van der Waals surface area contributed by atoms with Crippen molar-refractivity contribution >= 4 is 11.6 Å². The molecule has 2 aromatic rings. The van der Waals surface area contributed by atoms with Crippen molar-refractivity contribution in [2.45, 2.75) is 33.0 Å². The fraction of sp³-hybridized carbons (Fsp3) is 0.400. The van der Waals surface area contributed by atoms with E-state index < -0.39 is 6.10 Å². The zero-order chi connectivity index (χ0) is 14.7. The highest BCUT2D eigenvalue weighted by molar-refractivity contribution is 6.31. The molecule has 20 heavy (non-hydrogen) atoms. The van der Waals surface area contributed by atoms with E-state index in [2.05, 4.69) is 5.10 Å². The first-order valence-electron chi connectivity index (χ1n) is 6.61. The molecule has 0 saturated heterocycles. The number of aromatic nitrogens is 2. The van der Waals surface area contributed by atoms with Crippen LogP contribution in [0.1, 0.15) is 36.4 Å². The van der Waals surface area contributed by atoms with Crippen molar-refractivity contribution in [1.29, 1.82) is 0 Å². The number of hydrogen-bond acceptors (Lipinski definition) is 3. The van der Waals surface area contributed by atoms with E-state index >= 15 is 0 Å². The summed E-state index contributed by atoms with van der Waals surface area (Å²) in [5.74, 6) is 0.743. The number of ether oxygens (including phenoxy) is 1. The van der Waals surface area contributed by atoms with Gasteiger partial charge in [-0.05, 0) is 31.0 Å². The van der Waals surface area contributed by atoms with Gasteiger partial charge in [-0.3, -0.25) is 4.68 Å². The lowest BCUT2D eigenvalue weighted by molar-refractivity contribution is 0.173. The second kappa shape index (κ2) is 6.29. The third kappa shape index (κ3) is 3.14. The van der Waals surface area contributed by atoms with Crippen LogP contribution in [-0.2, 0) is 13.7 Å². The van der Waals surface area contributed by atoms with E-state index in [0.29, 0.717) is 18.1 Å². The summed E-state index contributed by atoms with van der Waals surface area (Å²) in [5.41, 5.74) is 2.55. The van der Waals surface area contributed by atoms with Gasteiger partial charge in [0.25, 0.3) is 0 Å². The van der Waals surface area contributed by atoms with Crippen molar-refractivity contribution in [3.63, 3.8) is 0 Å². The summed E-state index contributed by atoms with van der Waals surface area (Å²) in [6, 6.07) is 7.45. The van der Waals surface area contributed by atoms with Crippen molar-refractivity contribution < 1.29 is 9.84 Å². The number of hydrogen-bond donors (Lipinski definition) is 1. The lowest BCUT2D eigenvalue weighted by Gasteiger charge is -2.10. The maximum absolute atomic E-state index is 9.73. The molecule has 108 valence electrons. The van der Waals surface area contributed by atoms with E-state index in [1.165, 1.54) is 0 Å². The average Bonchev–Trinajstić information content (AvgIpc) is 2.70. The molecule has 1 N–H and O–H groups in total. The molecule has 1 aromatic carbocycles. The van der Waals surface area contributed by atoms with Gasteiger partial charge in [-0.2, -0.15) is 5.10 Å². The SMILES string of the molecule is CCC(O)c1ccc(OCc2c(Cl)c(C)nn2C)cc1. The standard InChI is InChI=1S/C15H19ClN2O2/c1-4-14(19)11-5-7-12(8-6-11)20-9-13-15(16)10(2)17-18(13)3/h5-8,14,19H,4,9H2,1-3H3. The van der Waals surface area contributed by atoms with Crippen LogP contribution in [0.25, 0.3) is 0 Å². The Morgan fingerprint density at radius 3 is 2.50 bits per heavy atom. The monoisotopic (exact) mass is 294 g/mol. The normalized spacial score (nSPS) is 12.4. The van der Waals surface area contributed by atoms with Crippen molar-refractivity contribution in [2.24, 2.45) is 7.05 Å². The molecule has 5 heteroatoms. The Bertz CT molecular complexity index is 578. The van der Waals surface area contributed by atoms with Gasteiger partial charge in [-0.15, -0.1) is 0 Å². The molecule has 0 fully saturated rings. The molecule has 0 aliphatic carbocycles. The average molecular weight is 295 g/mol. The summed E-state index contributed by atoms with van der Waals surface area (Å²) in [7, 11) is 1.85. The Morgan fingerprint density at radius 2 is 2.00 bits per heavy atom. The molecule has 0 bridgehead atoms. The van der Waals surface area contributed by atoms with Crippen LogP contribution >= 0.6 is 11.6 Å². The number of rotatable bonds is 5. The Hall–Kier alpha value is -1.52. The van der Waals surface area contributed by atoms with Crippen LogP contribution in [-0.4, -0.2) is 14.9 Å². The van der Waals surface area contributed by atoms with Crippen LogP contribution < -0.4 is 4.74 Å². The minimum absolute atomic E-state index is 0.367. The molecule has 1 heterocycles. The first kappa shape index (κ1) is 14.9. The highest BCUT2D eigenvalue weighted by Gasteiger charge is 2.11. The highest BCUT2D eigenvalue weighted by Crippen LogP contribution is 2.23. The predicted octanol–water partition coefficient (Wildman–Crippen LogP) is 3.40. The molecular formula is C15H19ClN2O2. The van der Waals surface area contributed by atoms with Gasteiger partial charge in [0.2, 0.25) is 0 Å². The van der Waals surface area contributed by atoms with Crippen LogP contribution in [0.5, 0.6) is 5.75 Å². The lowest BCUT2D eigenvalue weighted by atomic mass is 10.1. The third-order valence-corrected chi connectivity index (χ3v) is 3.78. The molecule has 2 rings (SSSR count). The molecule has 1 atom stereocenters. The summed E-state index contributed by atoms with van der Waals surface area (Å²) >= 11 is 6.17. The molecule has 0 radical (unpaired) electrons. The zero-order valence-corrected chi connectivity index (χ0v) is 12.7. The Morgan fingerprint density at radius 1 is 1.35 bits per heavy atom. The van der Waals surface area contributed by atoms with Crippen molar-refractivity contribution in [2.75, 3.05) is 0 Å². The van der Waals surface area contributed by atoms with E-state index in [1.54, 1.807) is 4.68 Å². The number of aryl methyl sites for hydroxylation is 2. The van der Waals surface area contributed by atoms with Gasteiger partial charge in [0.05, 0.1) is 22.5 Å². The number of aliphatic hydroxyl groups excluding tert-OH is 1. The summed E-state index contributed by atoms with van der Waals surface area (Å²) in [6.07, 6.45) is 0.280. The van der Waals surface area contributed by atoms with E-state index in [4.69, 9.17) is 16.3 Å². The molecule has 1 aromatic heterocycles. The minimum atomic E-state index is -0.418. The first-order valence-corrected chi connectivity index (χ1v) is 6.99. The van der Waals surface area contributed by atoms with Crippen molar-refractivity contribution in [3.8, 4) is 5.75 Å². The zero-order valence-electron chi connectivity index (χ0n) is 11.9. The summed E-state index contributed by atoms with van der Waals surface area (Å²) in [5, 5.41) is 14.6. The van der Waals surface area contributed by atoms with Gasteiger partial charge in [-0.25, -0.2) is 0 Å². The lowest BCUT2D eigenvalue weighted by Crippen LogP contribution is -2.03. The largest absolute Gasteiger partial charge is 0.487 e. The maximum atomic E-state index is 9.73. The molecule has 0 amide bonds. The topological polar surface area (TPSA) is 47.3 Å². The fourth-order valence-electron chi connectivity index (χ4n) is 2.01. The molecule has 0 saturated carbocycles. The Labute approximate surface area is 123 Å². The summed E-state index contributed by atoms with van der Waals surface area (Å²) < 4.78 is 7.44. The number of aliphatic hydroxyl groups is 1. The Kier molecular flexibility index (Phi) is 4.68. The molecule has 0 spiro atoms. The van der Waals surface area contributed by atoms with Gasteiger partial charge in [0.1, 0.15) is 12.4 Å². The highest BCUT2D eigenvalue weighted by atomic mass is 35.5. The van der Waals surface area contributed by atoms with Crippen LogP contribution in [0.2, 0.25) is 5.02 Å². The number of nitrogens with zero attached hydrogens (tertiary/aromatic N) is 2. The smallest absolute Gasteiger partial charge is 0.131 e. The number of halogens is 1. The van der Waals surface area contributed by atoms with Gasteiger partial charge < -0.3 is 9.84 Å². The second-order valence-electron chi connectivity index (χ2n) is 4.75. The second-order valence-corrected chi connectivity index (χ2v) is 5.13. The Balaban J connectivity index is 2.04. The number of benzene rings is 1. The molecule has 0 aliphatic rings. The third-order valence-electron chi connectivity index (χ3n) is 3.29. The van der Waals surface area contributed by atoms with Gasteiger partial charge in [0.15, 0.2) is 0 Å². The van der Waals surface area contributed by atoms with E-state index in [0.717, 1.165) is 22.7 Å². The van der Waals surface area contributed by atoms with Gasteiger partial charge in [-0.1, -0.05) is 30.7 Å². The molecule has 0 aliphatic heterocycles. The van der Waals surface area contributed by atoms with Gasteiger partial charge >= 0.3 is 0 Å². The van der Waals surface area contributed by atoms with E-state index in [-0.39, 0.29) is 0 Å². The van der Waals surface area contributed by atoms with Crippen molar-refractivity contribution in [1.82, 2.24) is 9.78 Å². The van der Waals surface area contributed by atoms with E-state index in [1.807, 2.05) is 45.2 Å². The molecular weight excluding hydrogens is 276 g/mol. The maximum Gasteiger partial charge on any atom is 0.131 e. The molecule has 4 nitrogen and oxygen atoms in total. The predicted molar refractivity (Wildman–Crippen MR) is 79.0 cm³/mol. The van der Waals surface area contributed by atoms with Crippen molar-refractivity contribution in [3.05, 3.63) is 46.2 Å². The van der Waals surface area contributed by atoms with Crippen LogP contribution in [0.4, 0.5) is 0 Å². The van der Waals surface area contributed by atoms with Crippen LogP contribution in [0.15, 0.2) is 24.3 Å². The first-order chi connectivity index (χ1) is 9.52. The van der Waals surface area contributed by atoms with Crippen LogP contribution in [0.3, 0.4) is 0 Å². The summed E-state index contributed by atoms with van der Waals surface area (Å²) in [6.45, 7) is 4.18. The minimum Gasteiger partial charge on any atom is -0.487 e. The quantitative estimate of drug-likeness (QED) is 0.919. The summed E-state index contributed by atoms with van der Waals surface area (Å²) in [4.78, 5) is 0. The van der Waals surface area contributed by atoms with Gasteiger partial charge in [0, 0.05) is 7.05 Å². The van der Waals surface area contributed by atoms with Crippen LogP contribution in [0, 0.1) is 6.92 Å².